The van der Waals surface area contributed by atoms with Crippen molar-refractivity contribution in [3.63, 3.8) is 0 Å². The van der Waals surface area contributed by atoms with E-state index in [1.165, 1.54) is 56.6 Å². The molecule has 0 saturated carbocycles. The van der Waals surface area contributed by atoms with Crippen molar-refractivity contribution >= 4 is 6.08 Å². The van der Waals surface area contributed by atoms with Gasteiger partial charge in [0.1, 0.15) is 0 Å². The van der Waals surface area contributed by atoms with Crippen molar-refractivity contribution < 1.29 is 0 Å². The third-order valence-corrected chi connectivity index (χ3v) is 5.88. The molecule has 2 aliphatic heterocycles. The van der Waals surface area contributed by atoms with Crippen LogP contribution in [-0.2, 0) is 0 Å². The first-order valence-electron chi connectivity index (χ1n) is 9.07. The summed E-state index contributed by atoms with van der Waals surface area (Å²) in [6.07, 6.45) is 14.3. The second kappa shape index (κ2) is 7.50. The maximum atomic E-state index is 3.77. The Kier molecular flexibility index (Phi) is 5.39. The fraction of sp³-hybridized carbons (Fsp3) is 0.600. The van der Waals surface area contributed by atoms with Crippen LogP contribution in [0.3, 0.4) is 0 Å². The van der Waals surface area contributed by atoms with Crippen LogP contribution in [0.1, 0.15) is 43.2 Å². The molecular formula is C20H31N3. The van der Waals surface area contributed by atoms with E-state index in [-0.39, 0.29) is 0 Å². The number of piperidine rings is 1. The predicted octanol–water partition coefficient (Wildman–Crippen LogP) is 3.73. The minimum atomic E-state index is 0.695. The minimum absolute atomic E-state index is 0.695. The number of aromatic amines is 1. The lowest BCUT2D eigenvalue weighted by Gasteiger charge is -2.38. The number of likely N-dealkylation sites (tertiary alicyclic amines) is 2. The van der Waals surface area contributed by atoms with Crippen LogP contribution in [-0.4, -0.2) is 54.1 Å². The van der Waals surface area contributed by atoms with Crippen LogP contribution in [0.25, 0.3) is 6.08 Å². The first kappa shape index (κ1) is 16.5. The van der Waals surface area contributed by atoms with Gasteiger partial charge in [0, 0.05) is 25.0 Å². The predicted molar refractivity (Wildman–Crippen MR) is 98.6 cm³/mol. The van der Waals surface area contributed by atoms with Crippen molar-refractivity contribution in [2.24, 2.45) is 5.92 Å². The number of hydrogen-bond acceptors (Lipinski definition) is 2. The van der Waals surface area contributed by atoms with Crippen molar-refractivity contribution in [2.75, 3.05) is 33.2 Å². The molecule has 0 aromatic carbocycles. The van der Waals surface area contributed by atoms with Crippen molar-refractivity contribution in [3.05, 3.63) is 42.3 Å². The Balaban J connectivity index is 1.57. The summed E-state index contributed by atoms with van der Waals surface area (Å²) in [5, 5.41) is 0. The average Bonchev–Trinajstić information content (AvgIpc) is 3.21. The molecule has 23 heavy (non-hydrogen) atoms. The normalized spacial score (nSPS) is 26.1. The first-order chi connectivity index (χ1) is 11.2. The molecule has 3 heteroatoms. The summed E-state index contributed by atoms with van der Waals surface area (Å²) in [6, 6.07) is 0.729. The highest BCUT2D eigenvalue weighted by Gasteiger charge is 2.31. The summed E-state index contributed by atoms with van der Waals surface area (Å²) in [5.74, 6) is 1.55. The molecule has 0 bridgehead atoms. The number of aromatic nitrogens is 1. The van der Waals surface area contributed by atoms with Gasteiger partial charge in [-0.25, -0.2) is 0 Å². The van der Waals surface area contributed by atoms with Crippen LogP contribution in [0.4, 0.5) is 0 Å². The zero-order chi connectivity index (χ0) is 16.2. The number of nitrogens with one attached hydrogen (secondary N) is 1. The average molecular weight is 313 g/mol. The Labute approximate surface area is 141 Å². The molecule has 0 radical (unpaired) electrons. The van der Waals surface area contributed by atoms with Gasteiger partial charge >= 0.3 is 0 Å². The number of H-pyrrole nitrogens is 1. The standard InChI is InChI=1S/C20H31N3/c1-4-5-6-18-13-21-14-20(18)17-8-11-23(12-9-17)16(2)19-7-10-22(3)15-19/h4-6,13-14,16-17,19,21H,1,7-12,15H2,2-3H3/b6-5-. The lowest BCUT2D eigenvalue weighted by atomic mass is 9.87. The van der Waals surface area contributed by atoms with Gasteiger partial charge in [0.2, 0.25) is 0 Å². The van der Waals surface area contributed by atoms with E-state index in [9.17, 15) is 0 Å². The van der Waals surface area contributed by atoms with E-state index in [4.69, 9.17) is 0 Å². The summed E-state index contributed by atoms with van der Waals surface area (Å²) >= 11 is 0. The highest BCUT2D eigenvalue weighted by Crippen LogP contribution is 2.33. The van der Waals surface area contributed by atoms with E-state index in [0.717, 1.165) is 12.0 Å². The SMILES string of the molecule is C=C/C=C\c1c[nH]cc1C1CCN(C(C)C2CCN(C)C2)CC1. The second-order valence-corrected chi connectivity index (χ2v) is 7.32. The van der Waals surface area contributed by atoms with Gasteiger partial charge in [-0.2, -0.15) is 0 Å². The zero-order valence-corrected chi connectivity index (χ0v) is 14.7. The van der Waals surface area contributed by atoms with E-state index < -0.39 is 0 Å². The van der Waals surface area contributed by atoms with Gasteiger partial charge in [0.15, 0.2) is 0 Å². The zero-order valence-electron chi connectivity index (χ0n) is 14.7. The largest absolute Gasteiger partial charge is 0.367 e. The lowest BCUT2D eigenvalue weighted by molar-refractivity contribution is 0.122. The molecule has 2 atom stereocenters. The molecule has 2 aliphatic rings. The van der Waals surface area contributed by atoms with Gasteiger partial charge < -0.3 is 14.8 Å². The summed E-state index contributed by atoms with van der Waals surface area (Å²) in [5.41, 5.74) is 2.81. The molecule has 3 rings (SSSR count). The van der Waals surface area contributed by atoms with E-state index in [0.29, 0.717) is 5.92 Å². The Morgan fingerprint density at radius 1 is 1.22 bits per heavy atom. The fourth-order valence-electron chi connectivity index (χ4n) is 4.34. The fourth-order valence-corrected chi connectivity index (χ4v) is 4.34. The maximum absolute atomic E-state index is 3.77. The van der Waals surface area contributed by atoms with Crippen molar-refractivity contribution in [2.45, 2.75) is 38.1 Å². The summed E-state index contributed by atoms with van der Waals surface area (Å²) in [4.78, 5) is 8.49. The van der Waals surface area contributed by atoms with E-state index in [1.807, 2.05) is 12.2 Å². The number of nitrogens with zero attached hydrogens (tertiary/aromatic N) is 2. The molecule has 1 aromatic rings. The van der Waals surface area contributed by atoms with E-state index in [1.54, 1.807) is 0 Å². The molecule has 2 saturated heterocycles. The molecule has 2 unspecified atom stereocenters. The van der Waals surface area contributed by atoms with Gasteiger partial charge in [0.25, 0.3) is 0 Å². The molecular weight excluding hydrogens is 282 g/mol. The Morgan fingerprint density at radius 2 is 2.00 bits per heavy atom. The van der Waals surface area contributed by atoms with Crippen LogP contribution in [0.2, 0.25) is 0 Å². The molecule has 1 N–H and O–H groups in total. The van der Waals surface area contributed by atoms with Gasteiger partial charge in [-0.1, -0.05) is 24.8 Å². The molecule has 126 valence electrons. The van der Waals surface area contributed by atoms with Crippen molar-refractivity contribution in [1.29, 1.82) is 0 Å². The molecule has 1 aromatic heterocycles. The highest BCUT2D eigenvalue weighted by atomic mass is 15.2. The molecule has 3 heterocycles. The van der Waals surface area contributed by atoms with Crippen LogP contribution >= 0.6 is 0 Å². The van der Waals surface area contributed by atoms with Gasteiger partial charge in [-0.15, -0.1) is 0 Å². The second-order valence-electron chi connectivity index (χ2n) is 7.32. The molecule has 0 spiro atoms. The third kappa shape index (κ3) is 3.78. The molecule has 0 amide bonds. The van der Waals surface area contributed by atoms with Crippen LogP contribution in [0, 0.1) is 5.92 Å². The van der Waals surface area contributed by atoms with Gasteiger partial charge in [-0.05, 0) is 75.8 Å². The summed E-state index contributed by atoms with van der Waals surface area (Å²) in [6.45, 7) is 11.2. The van der Waals surface area contributed by atoms with Gasteiger partial charge in [-0.3, -0.25) is 0 Å². The van der Waals surface area contributed by atoms with E-state index >= 15 is 0 Å². The molecule has 2 fully saturated rings. The number of allylic oxidation sites excluding steroid dienone is 2. The topological polar surface area (TPSA) is 22.3 Å². The Morgan fingerprint density at radius 3 is 2.65 bits per heavy atom. The first-order valence-corrected chi connectivity index (χ1v) is 9.07. The monoisotopic (exact) mass is 313 g/mol. The highest BCUT2D eigenvalue weighted by molar-refractivity contribution is 5.55. The van der Waals surface area contributed by atoms with E-state index in [2.05, 4.69) is 53.8 Å². The summed E-state index contributed by atoms with van der Waals surface area (Å²) in [7, 11) is 2.25. The molecule has 0 aliphatic carbocycles. The number of rotatable bonds is 5. The lowest BCUT2D eigenvalue weighted by Crippen LogP contribution is -2.43. The van der Waals surface area contributed by atoms with Crippen LogP contribution in [0.5, 0.6) is 0 Å². The smallest absolute Gasteiger partial charge is 0.0108 e. The number of hydrogen-bond donors (Lipinski definition) is 1. The van der Waals surface area contributed by atoms with Crippen LogP contribution in [0.15, 0.2) is 31.1 Å². The van der Waals surface area contributed by atoms with Crippen LogP contribution < -0.4 is 0 Å². The summed E-state index contributed by atoms with van der Waals surface area (Å²) < 4.78 is 0. The van der Waals surface area contributed by atoms with Crippen molar-refractivity contribution in [1.82, 2.24) is 14.8 Å². The van der Waals surface area contributed by atoms with Crippen molar-refractivity contribution in [3.8, 4) is 0 Å². The quantitative estimate of drug-likeness (QED) is 0.837. The van der Waals surface area contributed by atoms with Gasteiger partial charge in [0.05, 0.1) is 0 Å². The molecule has 3 nitrogen and oxygen atoms in total. The Hall–Kier alpha value is -1.32. The third-order valence-electron chi connectivity index (χ3n) is 5.88. The minimum Gasteiger partial charge on any atom is -0.367 e. The maximum Gasteiger partial charge on any atom is 0.0108 e. The Bertz CT molecular complexity index is 537.